The highest BCUT2D eigenvalue weighted by molar-refractivity contribution is 7.92. The molecule has 1 atom stereocenters. The van der Waals surface area contributed by atoms with Crippen molar-refractivity contribution in [3.63, 3.8) is 0 Å². The van der Waals surface area contributed by atoms with Crippen LogP contribution in [-0.2, 0) is 26.2 Å². The summed E-state index contributed by atoms with van der Waals surface area (Å²) in [7, 11) is -4.21. The number of halogens is 2. The molecule has 8 nitrogen and oxygen atoms in total. The molecule has 4 aromatic carbocycles. The number of nitrogens with zero attached hydrogens (tertiary/aromatic N) is 2. The molecular weight excluding hydrogens is 633 g/mol. The summed E-state index contributed by atoms with van der Waals surface area (Å²) in [5.74, 6) is 0.172. The highest BCUT2D eigenvalue weighted by Crippen LogP contribution is 2.29. The van der Waals surface area contributed by atoms with Gasteiger partial charge in [-0.15, -0.1) is 0 Å². The molecule has 0 unspecified atom stereocenters. The van der Waals surface area contributed by atoms with Gasteiger partial charge in [-0.3, -0.25) is 13.9 Å². The molecule has 2 amide bonds. The third-order valence-corrected chi connectivity index (χ3v) is 9.57. The van der Waals surface area contributed by atoms with Gasteiger partial charge in [0.1, 0.15) is 24.1 Å². The van der Waals surface area contributed by atoms with E-state index in [9.17, 15) is 18.0 Å². The summed E-state index contributed by atoms with van der Waals surface area (Å²) in [5.41, 5.74) is 1.77. The molecule has 0 saturated carbocycles. The third kappa shape index (κ3) is 8.78. The average molecular weight is 669 g/mol. The SMILES string of the molecule is CCCNC(=O)[C@H](C)N(Cc1ccc(Cl)c(Cl)c1)C(=O)CN(c1ccc(Oc2ccccc2)cc1)S(=O)(=O)c1ccc(C)cc1. The van der Waals surface area contributed by atoms with Crippen LogP contribution < -0.4 is 14.4 Å². The number of anilines is 1. The maximum absolute atomic E-state index is 14.1. The van der Waals surface area contributed by atoms with Crippen LogP contribution in [0, 0.1) is 6.92 Å². The van der Waals surface area contributed by atoms with Gasteiger partial charge in [-0.2, -0.15) is 0 Å². The second-order valence-electron chi connectivity index (χ2n) is 10.5. The standard InChI is InChI=1S/C34H35Cl2N3O5S/c1-4-20-37-34(41)25(3)38(22-26-12-19-31(35)32(36)21-26)33(40)23-39(45(42,43)30-17-10-24(2)11-18-30)27-13-15-29(16-14-27)44-28-8-6-5-7-9-28/h5-19,21,25H,4,20,22-23H2,1-3H3,(H,37,41)/t25-/m0/s1. The Kier molecular flexibility index (Phi) is 11.5. The van der Waals surface area contributed by atoms with Gasteiger partial charge in [-0.25, -0.2) is 8.42 Å². The van der Waals surface area contributed by atoms with Crippen molar-refractivity contribution in [2.45, 2.75) is 44.7 Å². The quantitative estimate of drug-likeness (QED) is 0.162. The number of aryl methyl sites for hydroxylation is 1. The fourth-order valence-electron chi connectivity index (χ4n) is 4.48. The number of rotatable bonds is 13. The predicted octanol–water partition coefficient (Wildman–Crippen LogP) is 7.23. The fraction of sp³-hybridized carbons (Fsp3) is 0.235. The molecule has 0 saturated heterocycles. The molecule has 0 radical (unpaired) electrons. The summed E-state index contributed by atoms with van der Waals surface area (Å²) in [6.07, 6.45) is 0.714. The van der Waals surface area contributed by atoms with Gasteiger partial charge in [0.2, 0.25) is 11.8 Å². The summed E-state index contributed by atoms with van der Waals surface area (Å²) in [6.45, 7) is 5.25. The van der Waals surface area contributed by atoms with Gasteiger partial charge in [0.05, 0.1) is 20.6 Å². The molecule has 0 fully saturated rings. The van der Waals surface area contributed by atoms with Gasteiger partial charge in [0, 0.05) is 13.1 Å². The first-order valence-corrected chi connectivity index (χ1v) is 16.6. The van der Waals surface area contributed by atoms with Crippen LogP contribution in [0.5, 0.6) is 11.5 Å². The first-order chi connectivity index (χ1) is 21.5. The van der Waals surface area contributed by atoms with E-state index in [0.29, 0.717) is 40.1 Å². The minimum atomic E-state index is -4.21. The number of sulfonamides is 1. The summed E-state index contributed by atoms with van der Waals surface area (Å²) in [5, 5.41) is 3.47. The second-order valence-corrected chi connectivity index (χ2v) is 13.1. The Morgan fingerprint density at radius 2 is 1.51 bits per heavy atom. The van der Waals surface area contributed by atoms with Crippen molar-refractivity contribution < 1.29 is 22.7 Å². The lowest BCUT2D eigenvalue weighted by Gasteiger charge is -2.32. The monoisotopic (exact) mass is 667 g/mol. The Balaban J connectivity index is 1.70. The first-order valence-electron chi connectivity index (χ1n) is 14.4. The third-order valence-electron chi connectivity index (χ3n) is 7.04. The van der Waals surface area contributed by atoms with E-state index in [1.54, 1.807) is 73.7 Å². The number of benzene rings is 4. The van der Waals surface area contributed by atoms with Gasteiger partial charge < -0.3 is 15.0 Å². The molecule has 0 aromatic heterocycles. The molecule has 0 aliphatic heterocycles. The van der Waals surface area contributed by atoms with E-state index in [-0.39, 0.29) is 23.0 Å². The minimum Gasteiger partial charge on any atom is -0.457 e. The summed E-state index contributed by atoms with van der Waals surface area (Å²) in [4.78, 5) is 28.5. The lowest BCUT2D eigenvalue weighted by atomic mass is 10.1. The Morgan fingerprint density at radius 3 is 2.13 bits per heavy atom. The van der Waals surface area contributed by atoms with Crippen LogP contribution in [0.4, 0.5) is 5.69 Å². The van der Waals surface area contributed by atoms with Crippen molar-refractivity contribution in [3.8, 4) is 11.5 Å². The van der Waals surface area contributed by atoms with E-state index in [1.165, 1.54) is 17.0 Å². The van der Waals surface area contributed by atoms with Crippen molar-refractivity contribution in [2.75, 3.05) is 17.4 Å². The molecule has 236 valence electrons. The van der Waals surface area contributed by atoms with E-state index >= 15 is 0 Å². The molecule has 0 aliphatic carbocycles. The topological polar surface area (TPSA) is 96.0 Å². The first kappa shape index (κ1) is 33.8. The van der Waals surface area contributed by atoms with Crippen LogP contribution >= 0.6 is 23.2 Å². The second kappa shape index (κ2) is 15.3. The number of hydrogen-bond donors (Lipinski definition) is 1. The molecule has 1 N–H and O–H groups in total. The van der Waals surface area contributed by atoms with Crippen LogP contribution in [0.25, 0.3) is 0 Å². The molecule has 4 rings (SSSR count). The number of amides is 2. The largest absolute Gasteiger partial charge is 0.457 e. The van der Waals surface area contributed by atoms with Crippen LogP contribution in [0.2, 0.25) is 10.0 Å². The summed E-state index contributed by atoms with van der Waals surface area (Å²) < 4.78 is 35.1. The van der Waals surface area contributed by atoms with Gasteiger partial charge in [-0.1, -0.05) is 72.1 Å². The maximum Gasteiger partial charge on any atom is 0.264 e. The molecular formula is C34H35Cl2N3O5S. The summed E-state index contributed by atoms with van der Waals surface area (Å²) in [6, 6.07) is 26.0. The van der Waals surface area contributed by atoms with E-state index < -0.39 is 28.5 Å². The highest BCUT2D eigenvalue weighted by atomic mass is 35.5. The zero-order valence-electron chi connectivity index (χ0n) is 25.2. The lowest BCUT2D eigenvalue weighted by Crippen LogP contribution is -2.51. The Labute approximate surface area is 274 Å². The van der Waals surface area contributed by atoms with Crippen molar-refractivity contribution in [2.24, 2.45) is 0 Å². The Hall–Kier alpha value is -4.05. The van der Waals surface area contributed by atoms with E-state index in [4.69, 9.17) is 27.9 Å². The maximum atomic E-state index is 14.1. The summed E-state index contributed by atoms with van der Waals surface area (Å²) >= 11 is 12.3. The molecule has 45 heavy (non-hydrogen) atoms. The van der Waals surface area contributed by atoms with Crippen molar-refractivity contribution in [3.05, 3.63) is 118 Å². The van der Waals surface area contributed by atoms with E-state index in [1.807, 2.05) is 32.0 Å². The molecule has 4 aromatic rings. The molecule has 11 heteroatoms. The van der Waals surface area contributed by atoms with Gasteiger partial charge in [0.15, 0.2) is 0 Å². The molecule has 0 spiro atoms. The minimum absolute atomic E-state index is 0.00128. The van der Waals surface area contributed by atoms with E-state index in [2.05, 4.69) is 5.32 Å². The zero-order chi connectivity index (χ0) is 32.6. The van der Waals surface area contributed by atoms with Crippen molar-refractivity contribution in [1.82, 2.24) is 10.2 Å². The zero-order valence-corrected chi connectivity index (χ0v) is 27.6. The van der Waals surface area contributed by atoms with Crippen molar-refractivity contribution >= 4 is 50.7 Å². The smallest absolute Gasteiger partial charge is 0.264 e. The number of carbonyl (C=O) groups excluding carboxylic acids is 2. The molecule has 0 aliphatic rings. The Bertz CT molecular complexity index is 1720. The van der Waals surface area contributed by atoms with Crippen LogP contribution in [0.3, 0.4) is 0 Å². The molecule has 0 heterocycles. The van der Waals surface area contributed by atoms with E-state index in [0.717, 1.165) is 9.87 Å². The number of hydrogen-bond acceptors (Lipinski definition) is 5. The molecule has 0 bridgehead atoms. The van der Waals surface area contributed by atoms with Gasteiger partial charge in [-0.05, 0) is 86.5 Å². The number of carbonyl (C=O) groups is 2. The van der Waals surface area contributed by atoms with Crippen molar-refractivity contribution in [1.29, 1.82) is 0 Å². The van der Waals surface area contributed by atoms with Gasteiger partial charge in [0.25, 0.3) is 10.0 Å². The lowest BCUT2D eigenvalue weighted by molar-refractivity contribution is -0.139. The van der Waals surface area contributed by atoms with Gasteiger partial charge >= 0.3 is 0 Å². The van der Waals surface area contributed by atoms with Crippen LogP contribution in [-0.4, -0.2) is 44.3 Å². The van der Waals surface area contributed by atoms with Crippen LogP contribution in [0.15, 0.2) is 102 Å². The predicted molar refractivity (Wildman–Crippen MR) is 178 cm³/mol. The Morgan fingerprint density at radius 1 is 0.867 bits per heavy atom. The number of nitrogens with one attached hydrogen (secondary N) is 1. The van der Waals surface area contributed by atoms with Crippen LogP contribution in [0.1, 0.15) is 31.4 Å². The number of para-hydroxylation sites is 1. The highest BCUT2D eigenvalue weighted by Gasteiger charge is 2.32. The normalized spacial score (nSPS) is 11.8. The average Bonchev–Trinajstić information content (AvgIpc) is 3.03. The fourth-order valence-corrected chi connectivity index (χ4v) is 6.22. The number of ether oxygens (including phenoxy) is 1.